The molecular formula is C20H23F3O. The second-order valence-corrected chi connectivity index (χ2v) is 5.79. The lowest BCUT2D eigenvalue weighted by molar-refractivity contribution is 0.321. The molecule has 0 saturated carbocycles. The van der Waals surface area contributed by atoms with E-state index in [-0.39, 0.29) is 11.3 Å². The van der Waals surface area contributed by atoms with Gasteiger partial charge in [0.1, 0.15) is 0 Å². The van der Waals surface area contributed by atoms with Crippen LogP contribution in [0.25, 0.3) is 11.1 Å². The number of halogens is 3. The van der Waals surface area contributed by atoms with Crippen molar-refractivity contribution in [1.82, 2.24) is 0 Å². The van der Waals surface area contributed by atoms with Gasteiger partial charge in [-0.2, -0.15) is 0 Å². The SMILES string of the molecule is CCCCCCc1ccc(-c2ccc(OCC)c(F)c2)c(F)c1F. The van der Waals surface area contributed by atoms with Gasteiger partial charge in [-0.25, -0.2) is 13.2 Å². The summed E-state index contributed by atoms with van der Waals surface area (Å²) in [5, 5.41) is 0. The standard InChI is InChI=1S/C20H23F3O/c1-3-5-6-7-8-14-9-11-16(20(23)19(14)22)15-10-12-18(24-4-2)17(21)13-15/h9-13H,3-8H2,1-2H3. The van der Waals surface area contributed by atoms with Crippen molar-refractivity contribution in [2.45, 2.75) is 46.0 Å². The Morgan fingerprint density at radius 2 is 1.67 bits per heavy atom. The van der Waals surface area contributed by atoms with Crippen LogP contribution in [-0.4, -0.2) is 6.61 Å². The molecule has 0 atom stereocenters. The van der Waals surface area contributed by atoms with Gasteiger partial charge in [0.25, 0.3) is 0 Å². The Kier molecular flexibility index (Phi) is 6.71. The summed E-state index contributed by atoms with van der Waals surface area (Å²) < 4.78 is 47.7. The highest BCUT2D eigenvalue weighted by Crippen LogP contribution is 2.30. The molecule has 0 aromatic heterocycles. The third-order valence-electron chi connectivity index (χ3n) is 4.00. The van der Waals surface area contributed by atoms with Crippen LogP contribution in [0, 0.1) is 17.5 Å². The molecule has 0 N–H and O–H groups in total. The molecule has 130 valence electrons. The quantitative estimate of drug-likeness (QED) is 0.515. The summed E-state index contributed by atoms with van der Waals surface area (Å²) in [4.78, 5) is 0. The molecule has 4 heteroatoms. The molecule has 0 aliphatic carbocycles. The van der Waals surface area contributed by atoms with Crippen LogP contribution in [0.5, 0.6) is 5.75 Å². The second-order valence-electron chi connectivity index (χ2n) is 5.79. The Labute approximate surface area is 141 Å². The van der Waals surface area contributed by atoms with Crippen LogP contribution in [0.4, 0.5) is 13.2 Å². The van der Waals surface area contributed by atoms with Gasteiger partial charge in [0.05, 0.1) is 6.61 Å². The fourth-order valence-corrected chi connectivity index (χ4v) is 2.69. The van der Waals surface area contributed by atoms with Crippen molar-refractivity contribution in [1.29, 1.82) is 0 Å². The van der Waals surface area contributed by atoms with E-state index in [2.05, 4.69) is 6.92 Å². The number of hydrogen-bond acceptors (Lipinski definition) is 1. The molecule has 0 bridgehead atoms. The average Bonchev–Trinajstić information content (AvgIpc) is 2.57. The first kappa shape index (κ1) is 18.4. The predicted octanol–water partition coefficient (Wildman–Crippen LogP) is 6.29. The Morgan fingerprint density at radius 1 is 0.875 bits per heavy atom. The first-order chi connectivity index (χ1) is 11.6. The zero-order valence-corrected chi connectivity index (χ0v) is 14.2. The molecule has 1 nitrogen and oxygen atoms in total. The molecule has 0 aliphatic heterocycles. The van der Waals surface area contributed by atoms with E-state index in [0.29, 0.717) is 24.2 Å². The molecule has 2 aromatic carbocycles. The van der Waals surface area contributed by atoms with Crippen LogP contribution in [0.3, 0.4) is 0 Å². The van der Waals surface area contributed by atoms with E-state index in [1.165, 1.54) is 24.3 Å². The fraction of sp³-hybridized carbons (Fsp3) is 0.400. The minimum atomic E-state index is -0.924. The van der Waals surface area contributed by atoms with Gasteiger partial charge >= 0.3 is 0 Å². The highest BCUT2D eigenvalue weighted by molar-refractivity contribution is 5.65. The van der Waals surface area contributed by atoms with Crippen molar-refractivity contribution < 1.29 is 17.9 Å². The molecule has 0 saturated heterocycles. The maximum absolute atomic E-state index is 14.4. The van der Waals surface area contributed by atoms with Crippen molar-refractivity contribution in [3.8, 4) is 16.9 Å². The van der Waals surface area contributed by atoms with Crippen molar-refractivity contribution in [2.24, 2.45) is 0 Å². The van der Waals surface area contributed by atoms with Gasteiger partial charge in [0.15, 0.2) is 23.2 Å². The van der Waals surface area contributed by atoms with Gasteiger partial charge in [0.2, 0.25) is 0 Å². The summed E-state index contributed by atoms with van der Waals surface area (Å²) in [5.41, 5.74) is 0.732. The zero-order valence-electron chi connectivity index (χ0n) is 14.2. The number of ether oxygens (including phenoxy) is 1. The van der Waals surface area contributed by atoms with Crippen molar-refractivity contribution in [3.05, 3.63) is 53.3 Å². The van der Waals surface area contributed by atoms with E-state index in [1.54, 1.807) is 13.0 Å². The summed E-state index contributed by atoms with van der Waals surface area (Å²) in [6, 6.07) is 7.25. The largest absolute Gasteiger partial charge is 0.491 e. The van der Waals surface area contributed by atoms with Crippen molar-refractivity contribution in [3.63, 3.8) is 0 Å². The van der Waals surface area contributed by atoms with Crippen LogP contribution < -0.4 is 4.74 Å². The monoisotopic (exact) mass is 336 g/mol. The summed E-state index contributed by atoms with van der Waals surface area (Å²) in [5.74, 6) is -2.24. The van der Waals surface area contributed by atoms with Crippen LogP contribution in [0.2, 0.25) is 0 Å². The predicted molar refractivity (Wildman–Crippen MR) is 90.8 cm³/mol. The van der Waals surface area contributed by atoms with E-state index >= 15 is 0 Å². The number of aryl methyl sites for hydroxylation is 1. The minimum Gasteiger partial charge on any atom is -0.491 e. The summed E-state index contributed by atoms with van der Waals surface area (Å²) >= 11 is 0. The molecule has 0 aliphatic rings. The van der Waals surface area contributed by atoms with Gasteiger partial charge in [-0.05, 0) is 43.0 Å². The molecule has 0 heterocycles. The number of rotatable bonds is 8. The van der Waals surface area contributed by atoms with E-state index in [1.807, 2.05) is 0 Å². The highest BCUT2D eigenvalue weighted by atomic mass is 19.2. The Hall–Kier alpha value is -1.97. The minimum absolute atomic E-state index is 0.0618. The smallest absolute Gasteiger partial charge is 0.166 e. The molecule has 0 fully saturated rings. The molecule has 24 heavy (non-hydrogen) atoms. The topological polar surface area (TPSA) is 9.23 Å². The third-order valence-corrected chi connectivity index (χ3v) is 4.00. The Balaban J connectivity index is 2.22. The van der Waals surface area contributed by atoms with Crippen LogP contribution >= 0.6 is 0 Å². The van der Waals surface area contributed by atoms with Crippen molar-refractivity contribution in [2.75, 3.05) is 6.61 Å². The lowest BCUT2D eigenvalue weighted by Crippen LogP contribution is -1.99. The Morgan fingerprint density at radius 3 is 2.33 bits per heavy atom. The molecule has 2 aromatic rings. The Bertz CT molecular complexity index is 683. The average molecular weight is 336 g/mol. The number of hydrogen-bond donors (Lipinski definition) is 0. The number of unbranched alkanes of at least 4 members (excludes halogenated alkanes) is 3. The third kappa shape index (κ3) is 4.31. The van der Waals surface area contributed by atoms with Gasteiger partial charge in [-0.15, -0.1) is 0 Å². The van der Waals surface area contributed by atoms with E-state index in [4.69, 9.17) is 4.74 Å². The van der Waals surface area contributed by atoms with Crippen LogP contribution in [0.1, 0.15) is 45.1 Å². The van der Waals surface area contributed by atoms with E-state index in [0.717, 1.165) is 25.7 Å². The lowest BCUT2D eigenvalue weighted by atomic mass is 9.99. The van der Waals surface area contributed by atoms with Gasteiger partial charge in [-0.1, -0.05) is 44.4 Å². The van der Waals surface area contributed by atoms with Gasteiger partial charge < -0.3 is 4.74 Å². The van der Waals surface area contributed by atoms with E-state index < -0.39 is 17.5 Å². The lowest BCUT2D eigenvalue weighted by Gasteiger charge is -2.10. The zero-order chi connectivity index (χ0) is 17.5. The maximum Gasteiger partial charge on any atom is 0.166 e. The molecular weight excluding hydrogens is 313 g/mol. The summed E-state index contributed by atoms with van der Waals surface area (Å²) in [7, 11) is 0. The first-order valence-corrected chi connectivity index (χ1v) is 8.48. The summed E-state index contributed by atoms with van der Waals surface area (Å²) in [6.07, 6.45) is 4.54. The summed E-state index contributed by atoms with van der Waals surface area (Å²) in [6.45, 7) is 4.19. The molecule has 2 rings (SSSR count). The van der Waals surface area contributed by atoms with Gasteiger partial charge in [-0.3, -0.25) is 0 Å². The first-order valence-electron chi connectivity index (χ1n) is 8.48. The fourth-order valence-electron chi connectivity index (χ4n) is 2.69. The molecule has 0 spiro atoms. The van der Waals surface area contributed by atoms with Gasteiger partial charge in [0, 0.05) is 5.56 Å². The second kappa shape index (κ2) is 8.76. The van der Waals surface area contributed by atoms with Crippen LogP contribution in [-0.2, 0) is 6.42 Å². The van der Waals surface area contributed by atoms with Crippen molar-refractivity contribution >= 4 is 0 Å². The molecule has 0 amide bonds. The maximum atomic E-state index is 14.4. The highest BCUT2D eigenvalue weighted by Gasteiger charge is 2.16. The normalized spacial score (nSPS) is 10.9. The van der Waals surface area contributed by atoms with E-state index in [9.17, 15) is 13.2 Å². The van der Waals surface area contributed by atoms with Crippen LogP contribution in [0.15, 0.2) is 30.3 Å². The molecule has 0 unspecified atom stereocenters. The number of benzene rings is 2. The molecule has 0 radical (unpaired) electrons.